The molecular formula is C25H27N3O3. The van der Waals surface area contributed by atoms with Crippen molar-refractivity contribution < 1.29 is 14.1 Å². The molecular weight excluding hydrogens is 390 g/mol. The molecule has 0 aliphatic heterocycles. The third-order valence-electron chi connectivity index (χ3n) is 5.15. The summed E-state index contributed by atoms with van der Waals surface area (Å²) >= 11 is 0. The van der Waals surface area contributed by atoms with E-state index in [1.807, 2.05) is 56.3 Å². The standard InChI is InChI=1S/C25H27N3O3/c1-17(2)10-11-28-18(3)12-21(19(28)4)13-22(15-26)25(29)30-16-23-14-24(31-27-23)20-8-6-5-7-9-20/h5-9,12-14,17H,10-11,16H2,1-4H3/b22-13+. The minimum Gasteiger partial charge on any atom is -0.455 e. The van der Waals surface area contributed by atoms with E-state index in [4.69, 9.17) is 9.26 Å². The lowest BCUT2D eigenvalue weighted by atomic mass is 10.1. The zero-order valence-electron chi connectivity index (χ0n) is 18.4. The summed E-state index contributed by atoms with van der Waals surface area (Å²) in [6, 6.07) is 15.2. The third-order valence-corrected chi connectivity index (χ3v) is 5.15. The number of nitriles is 1. The molecule has 0 saturated heterocycles. The maximum atomic E-state index is 12.5. The molecule has 3 aromatic rings. The molecule has 0 spiro atoms. The molecule has 0 aliphatic carbocycles. The minimum absolute atomic E-state index is 0.0455. The number of hydrogen-bond donors (Lipinski definition) is 0. The van der Waals surface area contributed by atoms with E-state index in [9.17, 15) is 10.1 Å². The second-order valence-electron chi connectivity index (χ2n) is 7.96. The molecule has 0 saturated carbocycles. The van der Waals surface area contributed by atoms with Crippen LogP contribution in [0, 0.1) is 31.1 Å². The van der Waals surface area contributed by atoms with Gasteiger partial charge in [0.1, 0.15) is 23.9 Å². The predicted octanol–water partition coefficient (Wildman–Crippen LogP) is 5.46. The Morgan fingerprint density at radius 2 is 2.00 bits per heavy atom. The number of carbonyl (C=O) groups excluding carboxylic acids is 1. The SMILES string of the molecule is Cc1cc(/C=C(\C#N)C(=O)OCc2cc(-c3ccccc3)on2)c(C)n1CCC(C)C. The van der Waals surface area contributed by atoms with Crippen LogP contribution in [0.15, 0.2) is 52.6 Å². The van der Waals surface area contributed by atoms with Crippen LogP contribution in [0.3, 0.4) is 0 Å². The average molecular weight is 418 g/mol. The summed E-state index contributed by atoms with van der Waals surface area (Å²) < 4.78 is 12.8. The number of ether oxygens (including phenoxy) is 1. The minimum atomic E-state index is -0.682. The number of benzene rings is 1. The van der Waals surface area contributed by atoms with E-state index in [1.165, 1.54) is 0 Å². The van der Waals surface area contributed by atoms with Gasteiger partial charge in [-0.25, -0.2) is 4.79 Å². The molecule has 0 fully saturated rings. The maximum absolute atomic E-state index is 12.5. The van der Waals surface area contributed by atoms with Crippen molar-refractivity contribution in [2.24, 2.45) is 5.92 Å². The van der Waals surface area contributed by atoms with Crippen molar-refractivity contribution in [3.05, 3.63) is 70.7 Å². The lowest BCUT2D eigenvalue weighted by Gasteiger charge is -2.11. The second kappa shape index (κ2) is 9.94. The zero-order chi connectivity index (χ0) is 22.4. The summed E-state index contributed by atoms with van der Waals surface area (Å²) in [5.41, 5.74) is 4.31. The van der Waals surface area contributed by atoms with Crippen LogP contribution >= 0.6 is 0 Å². The van der Waals surface area contributed by atoms with Crippen molar-refractivity contribution in [3.63, 3.8) is 0 Å². The van der Waals surface area contributed by atoms with Gasteiger partial charge < -0.3 is 13.8 Å². The fourth-order valence-corrected chi connectivity index (χ4v) is 3.33. The van der Waals surface area contributed by atoms with Gasteiger partial charge in [-0.05, 0) is 43.9 Å². The molecule has 3 rings (SSSR count). The number of esters is 1. The Morgan fingerprint density at radius 3 is 2.68 bits per heavy atom. The van der Waals surface area contributed by atoms with Crippen molar-refractivity contribution >= 4 is 12.0 Å². The molecule has 0 N–H and O–H groups in total. The highest BCUT2D eigenvalue weighted by atomic mass is 16.5. The Labute approximate surface area is 182 Å². The Kier molecular flexibility index (Phi) is 7.09. The number of aromatic nitrogens is 2. The molecule has 0 radical (unpaired) electrons. The van der Waals surface area contributed by atoms with Gasteiger partial charge in [0.2, 0.25) is 0 Å². The highest BCUT2D eigenvalue weighted by Gasteiger charge is 2.16. The molecule has 2 heterocycles. The molecule has 6 heteroatoms. The summed E-state index contributed by atoms with van der Waals surface area (Å²) in [7, 11) is 0. The normalized spacial score (nSPS) is 11.5. The fraction of sp³-hybridized carbons (Fsp3) is 0.320. The van der Waals surface area contributed by atoms with Crippen LogP contribution in [0.5, 0.6) is 0 Å². The monoisotopic (exact) mass is 417 g/mol. The Morgan fingerprint density at radius 1 is 1.26 bits per heavy atom. The van der Waals surface area contributed by atoms with Crippen LogP contribution in [0.2, 0.25) is 0 Å². The van der Waals surface area contributed by atoms with Crippen LogP contribution in [-0.4, -0.2) is 15.7 Å². The topological polar surface area (TPSA) is 81.1 Å². The highest BCUT2D eigenvalue weighted by Crippen LogP contribution is 2.22. The van der Waals surface area contributed by atoms with Crippen LogP contribution in [0.1, 0.15) is 42.9 Å². The van der Waals surface area contributed by atoms with Gasteiger partial charge in [-0.2, -0.15) is 5.26 Å². The number of nitrogens with zero attached hydrogens (tertiary/aromatic N) is 3. The van der Waals surface area contributed by atoms with Crippen LogP contribution in [-0.2, 0) is 22.7 Å². The van der Waals surface area contributed by atoms with E-state index in [0.717, 1.165) is 35.5 Å². The lowest BCUT2D eigenvalue weighted by Crippen LogP contribution is -2.07. The molecule has 160 valence electrons. The number of hydrogen-bond acceptors (Lipinski definition) is 5. The summed E-state index contributed by atoms with van der Waals surface area (Å²) in [5.74, 6) is 0.513. The van der Waals surface area contributed by atoms with E-state index in [1.54, 1.807) is 12.1 Å². The highest BCUT2D eigenvalue weighted by molar-refractivity contribution is 5.98. The van der Waals surface area contributed by atoms with Crippen LogP contribution < -0.4 is 0 Å². The third kappa shape index (κ3) is 5.52. The molecule has 1 aromatic carbocycles. The van der Waals surface area contributed by atoms with Gasteiger partial charge in [0.05, 0.1) is 0 Å². The zero-order valence-corrected chi connectivity index (χ0v) is 18.4. The fourth-order valence-electron chi connectivity index (χ4n) is 3.33. The van der Waals surface area contributed by atoms with E-state index in [0.29, 0.717) is 17.4 Å². The van der Waals surface area contributed by atoms with Crippen LogP contribution in [0.4, 0.5) is 0 Å². The predicted molar refractivity (Wildman–Crippen MR) is 119 cm³/mol. The smallest absolute Gasteiger partial charge is 0.349 e. The Bertz CT molecular complexity index is 1110. The van der Waals surface area contributed by atoms with Gasteiger partial charge in [0.25, 0.3) is 0 Å². The van der Waals surface area contributed by atoms with Crippen molar-refractivity contribution in [2.75, 3.05) is 0 Å². The van der Waals surface area contributed by atoms with Crippen molar-refractivity contribution in [2.45, 2.75) is 47.3 Å². The summed E-state index contributed by atoms with van der Waals surface area (Å²) in [6.07, 6.45) is 2.66. The van der Waals surface area contributed by atoms with Gasteiger partial charge in [-0.1, -0.05) is 49.3 Å². The quantitative estimate of drug-likeness (QED) is 0.276. The van der Waals surface area contributed by atoms with E-state index >= 15 is 0 Å². The summed E-state index contributed by atoms with van der Waals surface area (Å²) in [6.45, 7) is 9.25. The molecule has 2 aromatic heterocycles. The van der Waals surface area contributed by atoms with Crippen molar-refractivity contribution in [1.82, 2.24) is 9.72 Å². The van der Waals surface area contributed by atoms with Gasteiger partial charge >= 0.3 is 5.97 Å². The first-order valence-corrected chi connectivity index (χ1v) is 10.4. The second-order valence-corrected chi connectivity index (χ2v) is 7.96. The van der Waals surface area contributed by atoms with Crippen molar-refractivity contribution in [3.8, 4) is 17.4 Å². The van der Waals surface area contributed by atoms with E-state index in [-0.39, 0.29) is 12.2 Å². The van der Waals surface area contributed by atoms with Gasteiger partial charge in [-0.3, -0.25) is 0 Å². The first kappa shape index (κ1) is 22.1. The molecule has 0 amide bonds. The molecule has 0 bridgehead atoms. The maximum Gasteiger partial charge on any atom is 0.349 e. The van der Waals surface area contributed by atoms with E-state index in [2.05, 4.69) is 23.6 Å². The molecule has 6 nitrogen and oxygen atoms in total. The summed E-state index contributed by atoms with van der Waals surface area (Å²) in [5, 5.41) is 13.4. The largest absolute Gasteiger partial charge is 0.455 e. The Balaban J connectivity index is 1.68. The first-order chi connectivity index (χ1) is 14.9. The number of carbonyl (C=O) groups is 1. The Hall–Kier alpha value is -3.59. The molecule has 31 heavy (non-hydrogen) atoms. The van der Waals surface area contributed by atoms with Gasteiger partial charge in [0, 0.05) is 29.6 Å². The number of aryl methyl sites for hydroxylation is 1. The van der Waals surface area contributed by atoms with Crippen molar-refractivity contribution in [1.29, 1.82) is 5.26 Å². The van der Waals surface area contributed by atoms with Gasteiger partial charge in [0.15, 0.2) is 5.76 Å². The molecule has 0 aliphatic rings. The number of rotatable bonds is 8. The van der Waals surface area contributed by atoms with Crippen LogP contribution in [0.25, 0.3) is 17.4 Å². The molecule has 0 unspecified atom stereocenters. The van der Waals surface area contributed by atoms with Gasteiger partial charge in [-0.15, -0.1) is 0 Å². The first-order valence-electron chi connectivity index (χ1n) is 10.4. The summed E-state index contributed by atoms with van der Waals surface area (Å²) in [4.78, 5) is 12.5. The van der Waals surface area contributed by atoms with E-state index < -0.39 is 5.97 Å². The molecule has 0 atom stereocenters. The lowest BCUT2D eigenvalue weighted by molar-refractivity contribution is -0.139. The average Bonchev–Trinajstić information content (AvgIpc) is 3.34.